The van der Waals surface area contributed by atoms with Crippen molar-refractivity contribution in [1.29, 1.82) is 0 Å². The van der Waals surface area contributed by atoms with Crippen LogP contribution in [-0.2, 0) is 12.8 Å². The van der Waals surface area contributed by atoms with Gasteiger partial charge in [0.2, 0.25) is 0 Å². The lowest BCUT2D eigenvalue weighted by Crippen LogP contribution is -2.13. The van der Waals surface area contributed by atoms with Crippen LogP contribution in [0, 0.1) is 0 Å². The van der Waals surface area contributed by atoms with E-state index in [-0.39, 0.29) is 5.56 Å². The number of aromatic carboxylic acids is 1. The Morgan fingerprint density at radius 3 is 2.75 bits per heavy atom. The number of nitrogens with two attached hydrogens (primary N) is 1. The maximum atomic E-state index is 11.3. The zero-order valence-corrected chi connectivity index (χ0v) is 9.25. The summed E-state index contributed by atoms with van der Waals surface area (Å²) in [6, 6.07) is 1.85. The molecule has 1 aromatic rings. The number of nitrogen functional groups attached to an aromatic ring is 1. The summed E-state index contributed by atoms with van der Waals surface area (Å²) in [6.07, 6.45) is 3.83. The van der Waals surface area contributed by atoms with Gasteiger partial charge < -0.3 is 15.6 Å². The minimum absolute atomic E-state index is 0.247. The van der Waals surface area contributed by atoms with E-state index in [0.717, 1.165) is 36.8 Å². The second kappa shape index (κ2) is 4.04. The zero-order chi connectivity index (χ0) is 11.7. The average molecular weight is 221 g/mol. The first-order chi connectivity index (χ1) is 7.65. The third kappa shape index (κ3) is 1.60. The molecule has 0 aliphatic heterocycles. The molecule has 86 valence electrons. The van der Waals surface area contributed by atoms with E-state index in [0.29, 0.717) is 11.4 Å². The molecule has 0 atom stereocenters. The maximum Gasteiger partial charge on any atom is 0.339 e. The van der Waals surface area contributed by atoms with Crippen molar-refractivity contribution in [2.45, 2.75) is 25.7 Å². The quantitative estimate of drug-likeness (QED) is 0.747. The monoisotopic (exact) mass is 221 g/mol. The molecule has 1 aliphatic carbocycles. The lowest BCUT2D eigenvalue weighted by Gasteiger charge is -2.21. The van der Waals surface area contributed by atoms with Crippen LogP contribution in [-0.4, -0.2) is 18.2 Å². The molecule has 4 nitrogen and oxygen atoms in total. The first-order valence-corrected chi connectivity index (χ1v) is 5.36. The normalized spacial score (nSPS) is 14.3. The molecular weight excluding hydrogens is 206 g/mol. The Bertz CT molecular complexity index is 440. The zero-order valence-electron chi connectivity index (χ0n) is 9.25. The Hall–Kier alpha value is -1.71. The topological polar surface area (TPSA) is 72.5 Å². The van der Waals surface area contributed by atoms with Crippen molar-refractivity contribution in [2.75, 3.05) is 12.8 Å². The van der Waals surface area contributed by atoms with E-state index in [1.165, 1.54) is 7.11 Å². The van der Waals surface area contributed by atoms with E-state index in [9.17, 15) is 9.90 Å². The van der Waals surface area contributed by atoms with E-state index in [2.05, 4.69) is 0 Å². The number of hydrogen-bond acceptors (Lipinski definition) is 3. The molecule has 0 amide bonds. The second-order valence-electron chi connectivity index (χ2n) is 4.02. The Labute approximate surface area is 94.0 Å². The summed E-state index contributed by atoms with van der Waals surface area (Å²) in [6.45, 7) is 0. The van der Waals surface area contributed by atoms with Crippen LogP contribution in [0.2, 0.25) is 0 Å². The highest BCUT2D eigenvalue weighted by Gasteiger charge is 2.24. The van der Waals surface area contributed by atoms with Crippen molar-refractivity contribution >= 4 is 11.7 Å². The Morgan fingerprint density at radius 2 is 2.12 bits per heavy atom. The molecule has 0 heterocycles. The molecule has 16 heavy (non-hydrogen) atoms. The van der Waals surface area contributed by atoms with Crippen molar-refractivity contribution in [3.63, 3.8) is 0 Å². The van der Waals surface area contributed by atoms with Crippen LogP contribution in [0.25, 0.3) is 0 Å². The van der Waals surface area contributed by atoms with Crippen molar-refractivity contribution in [3.05, 3.63) is 22.8 Å². The molecule has 0 bridgehead atoms. The molecule has 0 aromatic heterocycles. The third-order valence-corrected chi connectivity index (χ3v) is 3.05. The average Bonchev–Trinajstić information content (AvgIpc) is 2.26. The predicted octanol–water partition coefficient (Wildman–Crippen LogP) is 1.85. The van der Waals surface area contributed by atoms with Crippen molar-refractivity contribution in [2.24, 2.45) is 0 Å². The Kier molecular flexibility index (Phi) is 2.73. The van der Waals surface area contributed by atoms with Crippen LogP contribution < -0.4 is 10.5 Å². The van der Waals surface area contributed by atoms with Crippen molar-refractivity contribution < 1.29 is 14.6 Å². The lowest BCUT2D eigenvalue weighted by molar-refractivity contribution is 0.0692. The molecule has 0 saturated heterocycles. The fourth-order valence-corrected chi connectivity index (χ4v) is 2.35. The van der Waals surface area contributed by atoms with Gasteiger partial charge in [0, 0.05) is 0 Å². The highest BCUT2D eigenvalue weighted by molar-refractivity contribution is 5.95. The number of fused-ring (bicyclic) bond motifs is 1. The molecule has 0 unspecified atom stereocenters. The van der Waals surface area contributed by atoms with Gasteiger partial charge in [0.05, 0.1) is 12.8 Å². The number of carbonyl (C=O) groups is 1. The highest BCUT2D eigenvalue weighted by atomic mass is 16.5. The summed E-state index contributed by atoms with van der Waals surface area (Å²) >= 11 is 0. The number of benzene rings is 1. The van der Waals surface area contributed by atoms with Gasteiger partial charge in [-0.05, 0) is 42.9 Å². The summed E-state index contributed by atoms with van der Waals surface area (Å²) in [7, 11) is 1.45. The van der Waals surface area contributed by atoms with Gasteiger partial charge >= 0.3 is 5.97 Å². The van der Waals surface area contributed by atoms with Gasteiger partial charge in [-0.2, -0.15) is 0 Å². The minimum atomic E-state index is -0.956. The largest absolute Gasteiger partial charge is 0.494 e. The molecule has 4 heteroatoms. The molecule has 1 aliphatic rings. The van der Waals surface area contributed by atoms with E-state index < -0.39 is 5.97 Å². The standard InChI is InChI=1S/C12H15NO3/c1-16-11-9(13)6-7-4-2-3-5-8(7)10(11)12(14)15/h6H,2-5,13H2,1H3,(H,14,15). The number of carboxylic acids is 1. The van der Waals surface area contributed by atoms with Crippen molar-refractivity contribution in [1.82, 2.24) is 0 Å². The van der Waals surface area contributed by atoms with E-state index in [1.807, 2.05) is 6.07 Å². The van der Waals surface area contributed by atoms with Gasteiger partial charge in [-0.15, -0.1) is 0 Å². The smallest absolute Gasteiger partial charge is 0.339 e. The summed E-state index contributed by atoms with van der Waals surface area (Å²) in [5, 5.41) is 9.24. The van der Waals surface area contributed by atoms with E-state index in [4.69, 9.17) is 10.5 Å². The van der Waals surface area contributed by atoms with Crippen molar-refractivity contribution in [3.8, 4) is 5.75 Å². The van der Waals surface area contributed by atoms with Crippen LogP contribution in [0.15, 0.2) is 6.07 Å². The number of anilines is 1. The predicted molar refractivity (Wildman–Crippen MR) is 61.0 cm³/mol. The van der Waals surface area contributed by atoms with Crippen LogP contribution in [0.1, 0.15) is 34.3 Å². The number of ether oxygens (including phenoxy) is 1. The molecule has 2 rings (SSSR count). The van der Waals surface area contributed by atoms with Gasteiger partial charge in [-0.25, -0.2) is 4.79 Å². The molecule has 3 N–H and O–H groups in total. The number of hydrogen-bond donors (Lipinski definition) is 2. The van der Waals surface area contributed by atoms with E-state index >= 15 is 0 Å². The number of carboxylic acid groups (broad SMARTS) is 1. The van der Waals surface area contributed by atoms with Crippen LogP contribution in [0.3, 0.4) is 0 Å². The fraction of sp³-hybridized carbons (Fsp3) is 0.417. The molecular formula is C12H15NO3. The second-order valence-corrected chi connectivity index (χ2v) is 4.02. The minimum Gasteiger partial charge on any atom is -0.494 e. The molecule has 1 aromatic carbocycles. The summed E-state index contributed by atoms with van der Waals surface area (Å²) in [5.41, 5.74) is 8.42. The van der Waals surface area contributed by atoms with Crippen LogP contribution in [0.4, 0.5) is 5.69 Å². The SMILES string of the molecule is COc1c(N)cc2c(c1C(=O)O)CCCC2. The number of aryl methyl sites for hydroxylation is 1. The summed E-state index contributed by atoms with van der Waals surface area (Å²) in [4.78, 5) is 11.3. The maximum absolute atomic E-state index is 11.3. The van der Waals surface area contributed by atoms with Crippen LogP contribution in [0.5, 0.6) is 5.75 Å². The van der Waals surface area contributed by atoms with Crippen LogP contribution >= 0.6 is 0 Å². The first kappa shape index (κ1) is 10.8. The van der Waals surface area contributed by atoms with Gasteiger partial charge in [0.25, 0.3) is 0 Å². The van der Waals surface area contributed by atoms with Gasteiger partial charge in [-0.1, -0.05) is 0 Å². The van der Waals surface area contributed by atoms with E-state index in [1.54, 1.807) is 0 Å². The highest BCUT2D eigenvalue weighted by Crippen LogP contribution is 2.35. The Balaban J connectivity index is 2.68. The molecule has 0 fully saturated rings. The fourth-order valence-electron chi connectivity index (χ4n) is 2.35. The summed E-state index contributed by atoms with van der Waals surface area (Å²) in [5.74, 6) is -0.657. The van der Waals surface area contributed by atoms with Gasteiger partial charge in [-0.3, -0.25) is 0 Å². The molecule has 0 saturated carbocycles. The number of methoxy groups -OCH3 is 1. The molecule has 0 radical (unpaired) electrons. The molecule has 0 spiro atoms. The lowest BCUT2D eigenvalue weighted by atomic mass is 9.87. The Morgan fingerprint density at radius 1 is 1.44 bits per heavy atom. The van der Waals surface area contributed by atoms with Gasteiger partial charge in [0.15, 0.2) is 5.75 Å². The first-order valence-electron chi connectivity index (χ1n) is 5.36. The van der Waals surface area contributed by atoms with Gasteiger partial charge in [0.1, 0.15) is 5.56 Å². The third-order valence-electron chi connectivity index (χ3n) is 3.05. The number of rotatable bonds is 2. The summed E-state index contributed by atoms with van der Waals surface area (Å²) < 4.78 is 5.10.